The van der Waals surface area contributed by atoms with Crippen molar-refractivity contribution in [2.24, 2.45) is 0 Å². The second-order valence-corrected chi connectivity index (χ2v) is 6.94. The number of rotatable bonds is 2. The van der Waals surface area contributed by atoms with Gasteiger partial charge >= 0.3 is 0 Å². The van der Waals surface area contributed by atoms with Gasteiger partial charge in [-0.2, -0.15) is 5.26 Å². The molecule has 1 fully saturated rings. The molecule has 0 spiro atoms. The first-order valence-electron chi connectivity index (χ1n) is 8.89. The van der Waals surface area contributed by atoms with Crippen molar-refractivity contribution < 1.29 is 4.79 Å². The van der Waals surface area contributed by atoms with Gasteiger partial charge in [0.2, 0.25) is 0 Å². The predicted molar refractivity (Wildman–Crippen MR) is 100 cm³/mol. The van der Waals surface area contributed by atoms with Gasteiger partial charge in [-0.1, -0.05) is 6.07 Å². The van der Waals surface area contributed by atoms with Gasteiger partial charge in [0, 0.05) is 12.7 Å². The lowest BCUT2D eigenvalue weighted by Gasteiger charge is -2.24. The predicted octanol–water partition coefficient (Wildman–Crippen LogP) is 2.72. The number of nitriles is 1. The summed E-state index contributed by atoms with van der Waals surface area (Å²) in [4.78, 5) is 37.2. The minimum absolute atomic E-state index is 0.0178. The molecule has 2 N–H and O–H groups in total. The molecule has 2 aromatic heterocycles. The van der Waals surface area contributed by atoms with E-state index in [2.05, 4.69) is 15.0 Å². The van der Waals surface area contributed by atoms with E-state index < -0.39 is 5.56 Å². The Hall–Kier alpha value is -3.40. The Morgan fingerprint density at radius 2 is 2.19 bits per heavy atom. The maximum atomic E-state index is 13.2. The molecule has 1 aliphatic heterocycles. The van der Waals surface area contributed by atoms with Gasteiger partial charge in [0.25, 0.3) is 11.5 Å². The highest BCUT2D eigenvalue weighted by atomic mass is 16.2. The number of pyridine rings is 1. The number of carbonyl (C=O) groups excluding carboxylic acids is 1. The van der Waals surface area contributed by atoms with E-state index in [4.69, 9.17) is 0 Å². The van der Waals surface area contributed by atoms with Crippen LogP contribution >= 0.6 is 0 Å². The number of nitrogens with zero attached hydrogens (tertiary/aromatic N) is 3. The number of hydrogen-bond donors (Lipinski definition) is 2. The number of likely N-dealkylation sites (tertiary alicyclic amines) is 1. The van der Waals surface area contributed by atoms with Crippen molar-refractivity contribution in [1.29, 1.82) is 5.26 Å². The lowest BCUT2D eigenvalue weighted by molar-refractivity contribution is 0.0729. The number of amides is 1. The molecular weight excluding hydrogens is 342 g/mol. The minimum atomic E-state index is -0.475. The van der Waals surface area contributed by atoms with Crippen molar-refractivity contribution in [2.45, 2.75) is 32.7 Å². The van der Waals surface area contributed by atoms with Crippen molar-refractivity contribution in [3.05, 3.63) is 62.8 Å². The van der Waals surface area contributed by atoms with Gasteiger partial charge in [-0.25, -0.2) is 4.98 Å². The number of hydrogen-bond acceptors (Lipinski definition) is 4. The van der Waals surface area contributed by atoms with Gasteiger partial charge in [-0.3, -0.25) is 9.59 Å². The number of aromatic amines is 2. The Bertz CT molecular complexity index is 1150. The summed E-state index contributed by atoms with van der Waals surface area (Å²) in [5.74, 6) is 0.573. The van der Waals surface area contributed by atoms with E-state index in [1.807, 2.05) is 31.2 Å². The number of imidazole rings is 1. The van der Waals surface area contributed by atoms with Crippen LogP contribution in [0.25, 0.3) is 11.0 Å². The highest BCUT2D eigenvalue weighted by molar-refractivity contribution is 5.96. The SMILES string of the molecule is Cc1ccc2nc(C3CCCN3C(=O)c3c[nH]c(=O)c(C#N)c3C)[nH]c2c1. The summed E-state index contributed by atoms with van der Waals surface area (Å²) < 4.78 is 0. The van der Waals surface area contributed by atoms with E-state index in [1.54, 1.807) is 11.8 Å². The molecule has 4 rings (SSSR count). The van der Waals surface area contributed by atoms with E-state index >= 15 is 0 Å². The van der Waals surface area contributed by atoms with Gasteiger partial charge in [0.15, 0.2) is 0 Å². The molecule has 0 aliphatic carbocycles. The number of H-pyrrole nitrogens is 2. The van der Waals surface area contributed by atoms with Crippen LogP contribution in [0.1, 0.15) is 51.8 Å². The van der Waals surface area contributed by atoms with Crippen LogP contribution in [0.15, 0.2) is 29.2 Å². The Morgan fingerprint density at radius 1 is 1.37 bits per heavy atom. The van der Waals surface area contributed by atoms with E-state index in [0.717, 1.165) is 35.3 Å². The zero-order valence-electron chi connectivity index (χ0n) is 15.2. The molecule has 1 saturated heterocycles. The maximum Gasteiger partial charge on any atom is 0.266 e. The van der Waals surface area contributed by atoms with Crippen molar-refractivity contribution in [2.75, 3.05) is 6.54 Å². The van der Waals surface area contributed by atoms with Gasteiger partial charge in [-0.15, -0.1) is 0 Å². The number of aryl methyl sites for hydroxylation is 1. The lowest BCUT2D eigenvalue weighted by atomic mass is 10.1. The fourth-order valence-electron chi connectivity index (χ4n) is 3.73. The summed E-state index contributed by atoms with van der Waals surface area (Å²) in [6, 6.07) is 7.75. The van der Waals surface area contributed by atoms with Crippen LogP contribution in [0.2, 0.25) is 0 Å². The quantitative estimate of drug-likeness (QED) is 0.732. The minimum Gasteiger partial charge on any atom is -0.340 e. The second-order valence-electron chi connectivity index (χ2n) is 6.94. The molecule has 0 saturated carbocycles. The lowest BCUT2D eigenvalue weighted by Crippen LogP contribution is -2.32. The second kappa shape index (κ2) is 6.40. The van der Waals surface area contributed by atoms with Crippen LogP contribution < -0.4 is 5.56 Å². The summed E-state index contributed by atoms with van der Waals surface area (Å²) in [6.45, 7) is 4.27. The van der Waals surface area contributed by atoms with Crippen LogP contribution in [0, 0.1) is 25.2 Å². The largest absolute Gasteiger partial charge is 0.340 e. The molecule has 136 valence electrons. The van der Waals surface area contributed by atoms with Crippen LogP contribution in [-0.2, 0) is 0 Å². The number of carbonyl (C=O) groups is 1. The third kappa shape index (κ3) is 2.79. The Morgan fingerprint density at radius 3 is 2.96 bits per heavy atom. The van der Waals surface area contributed by atoms with Gasteiger partial charge in [-0.05, 0) is 49.9 Å². The molecule has 1 amide bonds. The van der Waals surface area contributed by atoms with E-state index in [0.29, 0.717) is 17.7 Å². The molecule has 1 unspecified atom stereocenters. The van der Waals surface area contributed by atoms with E-state index in [-0.39, 0.29) is 17.5 Å². The molecule has 3 heterocycles. The van der Waals surface area contributed by atoms with Crippen LogP contribution in [0.5, 0.6) is 0 Å². The normalized spacial score (nSPS) is 16.6. The smallest absolute Gasteiger partial charge is 0.266 e. The van der Waals surface area contributed by atoms with Crippen LogP contribution in [0.4, 0.5) is 0 Å². The topological polar surface area (TPSA) is 106 Å². The monoisotopic (exact) mass is 361 g/mol. The molecule has 7 nitrogen and oxygen atoms in total. The summed E-state index contributed by atoms with van der Waals surface area (Å²) in [6.07, 6.45) is 3.09. The third-order valence-corrected chi connectivity index (χ3v) is 5.18. The average Bonchev–Trinajstić information content (AvgIpc) is 3.27. The molecule has 7 heteroatoms. The molecule has 27 heavy (non-hydrogen) atoms. The third-order valence-electron chi connectivity index (χ3n) is 5.18. The fourth-order valence-corrected chi connectivity index (χ4v) is 3.73. The zero-order chi connectivity index (χ0) is 19.1. The molecule has 3 aromatic rings. The number of fused-ring (bicyclic) bond motifs is 1. The van der Waals surface area contributed by atoms with Gasteiger partial charge in [0.05, 0.1) is 22.6 Å². The van der Waals surface area contributed by atoms with Crippen molar-refractivity contribution in [3.8, 4) is 6.07 Å². The van der Waals surface area contributed by atoms with Gasteiger partial charge < -0.3 is 14.9 Å². The fraction of sp³-hybridized carbons (Fsp3) is 0.300. The summed E-state index contributed by atoms with van der Waals surface area (Å²) >= 11 is 0. The average molecular weight is 361 g/mol. The number of nitrogens with one attached hydrogen (secondary N) is 2. The van der Waals surface area contributed by atoms with Crippen molar-refractivity contribution >= 4 is 16.9 Å². The molecule has 0 bridgehead atoms. The van der Waals surface area contributed by atoms with Crippen molar-refractivity contribution in [1.82, 2.24) is 19.9 Å². The number of benzene rings is 1. The summed E-state index contributed by atoms with van der Waals surface area (Å²) in [5, 5.41) is 9.19. The first-order valence-corrected chi connectivity index (χ1v) is 8.89. The molecule has 1 aliphatic rings. The summed E-state index contributed by atoms with van der Waals surface area (Å²) in [5.41, 5.74) is 3.25. The standard InChI is InChI=1S/C20H19N5O2/c1-11-5-6-15-16(8-11)24-18(23-15)17-4-3-7-25(17)20(27)14-10-22-19(26)13(9-21)12(14)2/h5-6,8,10,17H,3-4,7H2,1-2H3,(H,22,26)(H,23,24). The first kappa shape index (κ1) is 17.0. The Labute approximate surface area is 155 Å². The summed E-state index contributed by atoms with van der Waals surface area (Å²) in [7, 11) is 0. The van der Waals surface area contributed by atoms with Crippen LogP contribution in [0.3, 0.4) is 0 Å². The van der Waals surface area contributed by atoms with E-state index in [1.165, 1.54) is 6.20 Å². The molecule has 1 aromatic carbocycles. The highest BCUT2D eigenvalue weighted by Gasteiger charge is 2.33. The van der Waals surface area contributed by atoms with Crippen LogP contribution in [-0.4, -0.2) is 32.3 Å². The van der Waals surface area contributed by atoms with Gasteiger partial charge in [0.1, 0.15) is 17.5 Å². The highest BCUT2D eigenvalue weighted by Crippen LogP contribution is 2.33. The maximum absolute atomic E-state index is 13.2. The van der Waals surface area contributed by atoms with E-state index in [9.17, 15) is 14.9 Å². The molecule has 0 radical (unpaired) electrons. The Kier molecular flexibility index (Phi) is 4.04. The molecular formula is C20H19N5O2. The van der Waals surface area contributed by atoms with Crippen molar-refractivity contribution in [3.63, 3.8) is 0 Å². The molecule has 1 atom stereocenters. The number of aromatic nitrogens is 3. The first-order chi connectivity index (χ1) is 13.0. The zero-order valence-corrected chi connectivity index (χ0v) is 15.2. The Balaban J connectivity index is 1.72.